The van der Waals surface area contributed by atoms with Gasteiger partial charge >= 0.3 is 0 Å². The first-order valence-corrected chi connectivity index (χ1v) is 2.98. The molecule has 0 saturated carbocycles. The lowest BCUT2D eigenvalue weighted by molar-refractivity contribution is -0.0353. The summed E-state index contributed by atoms with van der Waals surface area (Å²) >= 11 is 5.35. The third kappa shape index (κ3) is 1.32. The first-order valence-electron chi connectivity index (χ1n) is 2.54. The average Bonchev–Trinajstić information content (AvgIpc) is 1.77. The van der Waals surface area contributed by atoms with Crippen LogP contribution in [0.15, 0.2) is 24.3 Å². The maximum absolute atomic E-state index is 12.6. The highest BCUT2D eigenvalue weighted by molar-refractivity contribution is 6.22. The minimum absolute atomic E-state index is 0.956. The van der Waals surface area contributed by atoms with Gasteiger partial charge in [-0.05, 0) is 6.08 Å². The molecule has 0 fully saturated rings. The number of halogens is 2. The summed E-state index contributed by atoms with van der Waals surface area (Å²) in [5.74, 6) is -2.36. The Labute approximate surface area is 57.4 Å². The van der Waals surface area contributed by atoms with Crippen LogP contribution in [0.4, 0.5) is 4.39 Å². The second-order valence-electron chi connectivity index (χ2n) is 1.87. The van der Waals surface area contributed by atoms with Gasteiger partial charge in [0.2, 0.25) is 5.85 Å². The fourth-order valence-electron chi connectivity index (χ4n) is 0.579. The molecule has 0 aliphatic heterocycles. The Morgan fingerprint density at radius 3 is 2.56 bits per heavy atom. The van der Waals surface area contributed by atoms with Crippen molar-refractivity contribution in [1.29, 1.82) is 0 Å². The Morgan fingerprint density at radius 1 is 1.56 bits per heavy atom. The van der Waals surface area contributed by atoms with E-state index in [0.29, 0.717) is 0 Å². The Hall–Kier alpha value is -0.340. The Balaban J connectivity index is 2.78. The van der Waals surface area contributed by atoms with E-state index in [1.54, 1.807) is 6.08 Å². The minimum Gasteiger partial charge on any atom is -0.357 e. The van der Waals surface area contributed by atoms with E-state index in [1.807, 2.05) is 0 Å². The van der Waals surface area contributed by atoms with E-state index in [9.17, 15) is 4.39 Å². The molecule has 0 bridgehead atoms. The van der Waals surface area contributed by atoms with Gasteiger partial charge in [-0.2, -0.15) is 0 Å². The van der Waals surface area contributed by atoms with Crippen molar-refractivity contribution in [3.63, 3.8) is 0 Å². The molecule has 0 radical (unpaired) electrons. The molecule has 0 aromatic carbocycles. The van der Waals surface area contributed by atoms with E-state index in [0.717, 1.165) is 6.08 Å². The van der Waals surface area contributed by atoms with Crippen LogP contribution in [-0.4, -0.2) is 16.3 Å². The van der Waals surface area contributed by atoms with E-state index in [2.05, 4.69) is 0 Å². The maximum atomic E-state index is 12.6. The minimum atomic E-state index is -2.36. The van der Waals surface area contributed by atoms with Gasteiger partial charge in [-0.3, -0.25) is 0 Å². The number of hydrogen-bond acceptors (Lipinski definition) is 1. The highest BCUT2D eigenvalue weighted by Gasteiger charge is 2.31. The highest BCUT2D eigenvalue weighted by atomic mass is 35.5. The van der Waals surface area contributed by atoms with Crippen LogP contribution in [0, 0.1) is 0 Å². The van der Waals surface area contributed by atoms with Gasteiger partial charge in [0.05, 0.1) is 0 Å². The number of allylic oxidation sites excluding steroid dienone is 2. The topological polar surface area (TPSA) is 20.2 Å². The molecule has 0 aromatic heterocycles. The van der Waals surface area contributed by atoms with Crippen molar-refractivity contribution in [2.24, 2.45) is 0 Å². The zero-order chi connectivity index (χ0) is 6.91. The lowest BCUT2D eigenvalue weighted by Gasteiger charge is -2.19. The van der Waals surface area contributed by atoms with Crippen molar-refractivity contribution in [1.82, 2.24) is 0 Å². The van der Waals surface area contributed by atoms with Gasteiger partial charge in [0.1, 0.15) is 5.38 Å². The summed E-state index contributed by atoms with van der Waals surface area (Å²) in [5.41, 5.74) is 0. The highest BCUT2D eigenvalue weighted by Crippen LogP contribution is 2.23. The van der Waals surface area contributed by atoms with Crippen molar-refractivity contribution in [2.45, 2.75) is 11.2 Å². The van der Waals surface area contributed by atoms with Gasteiger partial charge in [0.15, 0.2) is 0 Å². The normalized spacial score (nSPS) is 41.4. The lowest BCUT2D eigenvalue weighted by Crippen LogP contribution is -2.31. The van der Waals surface area contributed by atoms with Gasteiger partial charge in [-0.15, -0.1) is 11.6 Å². The summed E-state index contributed by atoms with van der Waals surface area (Å²) in [6, 6.07) is 0. The number of rotatable bonds is 0. The summed E-state index contributed by atoms with van der Waals surface area (Å²) < 4.78 is 12.6. The van der Waals surface area contributed by atoms with E-state index in [1.165, 1.54) is 12.2 Å². The van der Waals surface area contributed by atoms with Gasteiger partial charge < -0.3 is 5.11 Å². The molecule has 1 nitrogen and oxygen atoms in total. The van der Waals surface area contributed by atoms with Crippen molar-refractivity contribution in [3.05, 3.63) is 24.3 Å². The average molecular weight is 149 g/mol. The van der Waals surface area contributed by atoms with E-state index in [-0.39, 0.29) is 0 Å². The van der Waals surface area contributed by atoms with Crippen molar-refractivity contribution in [3.8, 4) is 0 Å². The molecule has 9 heavy (non-hydrogen) atoms. The largest absolute Gasteiger partial charge is 0.357 e. The first kappa shape index (κ1) is 6.78. The molecule has 1 aliphatic carbocycles. The van der Waals surface area contributed by atoms with Gasteiger partial charge in [-0.1, -0.05) is 18.2 Å². The fraction of sp³-hybridized carbons (Fsp3) is 0.333. The van der Waals surface area contributed by atoms with Crippen LogP contribution in [0.5, 0.6) is 0 Å². The monoisotopic (exact) mass is 148 g/mol. The molecule has 0 spiro atoms. The Bertz CT molecular complexity index is 162. The summed E-state index contributed by atoms with van der Waals surface area (Å²) in [6.45, 7) is 0. The predicted octanol–water partition coefficient (Wildman–Crippen LogP) is 1.38. The molecule has 2 atom stereocenters. The zero-order valence-corrected chi connectivity index (χ0v) is 5.35. The molecule has 1 aliphatic rings. The Kier molecular flexibility index (Phi) is 1.60. The summed E-state index contributed by atoms with van der Waals surface area (Å²) in [6.07, 6.45) is 5.41. The van der Waals surface area contributed by atoms with Crippen molar-refractivity contribution >= 4 is 11.6 Å². The van der Waals surface area contributed by atoms with Crippen LogP contribution in [-0.2, 0) is 0 Å². The second-order valence-corrected chi connectivity index (χ2v) is 2.34. The van der Waals surface area contributed by atoms with Crippen molar-refractivity contribution < 1.29 is 9.50 Å². The molecular formula is C6H6ClFO. The summed E-state index contributed by atoms with van der Waals surface area (Å²) in [4.78, 5) is 0. The lowest BCUT2D eigenvalue weighted by atomic mass is 10.1. The van der Waals surface area contributed by atoms with Crippen LogP contribution in [0.1, 0.15) is 0 Å². The molecule has 2 unspecified atom stereocenters. The molecule has 1 rings (SSSR count). The summed E-state index contributed by atoms with van der Waals surface area (Å²) in [7, 11) is 0. The third-order valence-corrected chi connectivity index (χ3v) is 1.56. The van der Waals surface area contributed by atoms with Crippen LogP contribution in [0.25, 0.3) is 0 Å². The molecule has 0 saturated heterocycles. The molecule has 0 amide bonds. The smallest absolute Gasteiger partial charge is 0.246 e. The van der Waals surface area contributed by atoms with Gasteiger partial charge in [-0.25, -0.2) is 4.39 Å². The zero-order valence-electron chi connectivity index (χ0n) is 4.59. The molecule has 3 heteroatoms. The molecule has 0 heterocycles. The molecule has 0 aromatic rings. The predicted molar refractivity (Wildman–Crippen MR) is 34.0 cm³/mol. The van der Waals surface area contributed by atoms with Crippen molar-refractivity contribution in [2.75, 3.05) is 0 Å². The quantitative estimate of drug-likeness (QED) is 0.515. The Morgan fingerprint density at radius 2 is 2.22 bits per heavy atom. The van der Waals surface area contributed by atoms with Gasteiger partial charge in [0.25, 0.3) is 0 Å². The summed E-state index contributed by atoms with van der Waals surface area (Å²) in [5, 5.41) is 7.75. The third-order valence-electron chi connectivity index (χ3n) is 1.11. The standard InChI is InChI=1S/C6H6ClFO/c7-5-3-1-2-4-6(5,8)9/h1-5,9H. The van der Waals surface area contributed by atoms with Gasteiger partial charge in [0, 0.05) is 0 Å². The molecular weight excluding hydrogens is 143 g/mol. The number of alkyl halides is 2. The molecule has 1 N–H and O–H groups in total. The number of aliphatic hydroxyl groups is 1. The van der Waals surface area contributed by atoms with Crippen LogP contribution >= 0.6 is 11.6 Å². The van der Waals surface area contributed by atoms with Crippen LogP contribution < -0.4 is 0 Å². The number of hydrogen-bond donors (Lipinski definition) is 1. The van der Waals surface area contributed by atoms with Crippen LogP contribution in [0.3, 0.4) is 0 Å². The fourth-order valence-corrected chi connectivity index (χ4v) is 0.736. The van der Waals surface area contributed by atoms with E-state index >= 15 is 0 Å². The maximum Gasteiger partial charge on any atom is 0.246 e. The van der Waals surface area contributed by atoms with Crippen LogP contribution in [0.2, 0.25) is 0 Å². The van der Waals surface area contributed by atoms with E-state index < -0.39 is 11.2 Å². The first-order chi connectivity index (χ1) is 4.13. The molecule has 50 valence electrons. The second kappa shape index (κ2) is 2.12. The SMILES string of the molecule is OC1(F)C=CC=CC1Cl. The van der Waals surface area contributed by atoms with E-state index in [4.69, 9.17) is 16.7 Å².